The summed E-state index contributed by atoms with van der Waals surface area (Å²) in [5.41, 5.74) is 2.53. The number of hydrogen-bond acceptors (Lipinski definition) is 3. The SMILES string of the molecule is CCOC(=O)COC1CCC2(C)C(=CCC3C2CCC2(C)C(C(C)CCCC(C)C)CCC32)C1. The maximum atomic E-state index is 11.8. The minimum atomic E-state index is -0.227. The van der Waals surface area contributed by atoms with E-state index >= 15 is 0 Å². The Bertz CT molecular complexity index is 741. The van der Waals surface area contributed by atoms with Gasteiger partial charge in [-0.05, 0) is 105 Å². The maximum absolute atomic E-state index is 11.8. The molecule has 3 fully saturated rings. The molecule has 4 aliphatic carbocycles. The van der Waals surface area contributed by atoms with Crippen molar-refractivity contribution in [3.63, 3.8) is 0 Å². The molecule has 0 saturated heterocycles. The second kappa shape index (κ2) is 10.7. The minimum Gasteiger partial charge on any atom is -0.464 e. The van der Waals surface area contributed by atoms with Gasteiger partial charge in [0, 0.05) is 0 Å². The summed E-state index contributed by atoms with van der Waals surface area (Å²) in [6.07, 6.45) is 17.4. The lowest BCUT2D eigenvalue weighted by Gasteiger charge is -2.58. The monoisotopic (exact) mass is 472 g/mol. The van der Waals surface area contributed by atoms with Crippen LogP contribution in [0.1, 0.15) is 112 Å². The molecule has 34 heavy (non-hydrogen) atoms. The second-order valence-corrected chi connectivity index (χ2v) is 13.3. The van der Waals surface area contributed by atoms with Crippen molar-refractivity contribution in [3.05, 3.63) is 11.6 Å². The predicted octanol–water partition coefficient (Wildman–Crippen LogP) is 7.98. The molecule has 194 valence electrons. The topological polar surface area (TPSA) is 35.5 Å². The molecule has 3 nitrogen and oxygen atoms in total. The summed E-state index contributed by atoms with van der Waals surface area (Å²) < 4.78 is 11.0. The third-order valence-corrected chi connectivity index (χ3v) is 11.0. The first-order chi connectivity index (χ1) is 16.2. The highest BCUT2D eigenvalue weighted by Crippen LogP contribution is 2.67. The number of rotatable bonds is 9. The largest absolute Gasteiger partial charge is 0.464 e. The Morgan fingerprint density at radius 3 is 2.59 bits per heavy atom. The Balaban J connectivity index is 1.40. The Kier molecular flexibility index (Phi) is 8.22. The van der Waals surface area contributed by atoms with Crippen LogP contribution in [0.3, 0.4) is 0 Å². The van der Waals surface area contributed by atoms with E-state index in [1.54, 1.807) is 5.57 Å². The highest BCUT2D eigenvalue weighted by atomic mass is 16.6. The minimum absolute atomic E-state index is 0.103. The molecule has 0 N–H and O–H groups in total. The molecular weight excluding hydrogens is 420 g/mol. The third-order valence-electron chi connectivity index (χ3n) is 11.0. The molecule has 4 rings (SSSR count). The second-order valence-electron chi connectivity index (χ2n) is 13.3. The van der Waals surface area contributed by atoms with Crippen molar-refractivity contribution in [1.82, 2.24) is 0 Å². The summed E-state index contributed by atoms with van der Waals surface area (Å²) in [5, 5.41) is 0. The first-order valence-corrected chi connectivity index (χ1v) is 14.7. The molecule has 0 aromatic carbocycles. The van der Waals surface area contributed by atoms with Crippen LogP contribution < -0.4 is 0 Å². The molecule has 3 saturated carbocycles. The van der Waals surface area contributed by atoms with Gasteiger partial charge in [0.25, 0.3) is 0 Å². The molecule has 8 unspecified atom stereocenters. The lowest BCUT2D eigenvalue weighted by atomic mass is 9.47. The van der Waals surface area contributed by atoms with Crippen LogP contribution in [-0.4, -0.2) is 25.3 Å². The van der Waals surface area contributed by atoms with Crippen molar-refractivity contribution in [2.75, 3.05) is 13.2 Å². The Hall–Kier alpha value is -0.830. The van der Waals surface area contributed by atoms with E-state index in [0.29, 0.717) is 17.4 Å². The average Bonchev–Trinajstić information content (AvgIpc) is 3.15. The van der Waals surface area contributed by atoms with E-state index in [1.807, 2.05) is 6.92 Å². The number of carbonyl (C=O) groups is 1. The van der Waals surface area contributed by atoms with Gasteiger partial charge in [0.2, 0.25) is 0 Å². The van der Waals surface area contributed by atoms with Gasteiger partial charge in [-0.3, -0.25) is 0 Å². The van der Waals surface area contributed by atoms with E-state index in [2.05, 4.69) is 40.7 Å². The van der Waals surface area contributed by atoms with E-state index in [-0.39, 0.29) is 18.7 Å². The van der Waals surface area contributed by atoms with Crippen molar-refractivity contribution >= 4 is 5.97 Å². The third kappa shape index (κ3) is 5.02. The van der Waals surface area contributed by atoms with Crippen LogP contribution in [-0.2, 0) is 14.3 Å². The van der Waals surface area contributed by atoms with E-state index in [9.17, 15) is 4.79 Å². The highest BCUT2D eigenvalue weighted by Gasteiger charge is 2.59. The Labute approximate surface area is 209 Å². The highest BCUT2D eigenvalue weighted by molar-refractivity contribution is 5.70. The number of allylic oxidation sites excluding steroid dienone is 1. The first kappa shape index (κ1) is 26.2. The average molecular weight is 473 g/mol. The number of hydrogen-bond donors (Lipinski definition) is 0. The molecule has 0 aromatic heterocycles. The predicted molar refractivity (Wildman–Crippen MR) is 139 cm³/mol. The van der Waals surface area contributed by atoms with Crippen molar-refractivity contribution < 1.29 is 14.3 Å². The zero-order valence-corrected chi connectivity index (χ0v) is 23.0. The van der Waals surface area contributed by atoms with E-state index in [1.165, 1.54) is 57.8 Å². The van der Waals surface area contributed by atoms with Gasteiger partial charge < -0.3 is 9.47 Å². The molecule has 8 atom stereocenters. The van der Waals surface area contributed by atoms with Gasteiger partial charge in [-0.2, -0.15) is 0 Å². The molecule has 0 bridgehead atoms. The number of fused-ring (bicyclic) bond motifs is 5. The number of ether oxygens (including phenoxy) is 2. The summed E-state index contributed by atoms with van der Waals surface area (Å²) in [5.74, 6) is 5.04. The summed E-state index contributed by atoms with van der Waals surface area (Å²) in [6, 6.07) is 0. The summed E-state index contributed by atoms with van der Waals surface area (Å²) >= 11 is 0. The van der Waals surface area contributed by atoms with Crippen molar-refractivity contribution in [2.45, 2.75) is 118 Å². The molecule has 0 spiro atoms. The molecular formula is C31H52O3. The zero-order chi connectivity index (χ0) is 24.5. The summed E-state index contributed by atoms with van der Waals surface area (Å²) in [7, 11) is 0. The zero-order valence-electron chi connectivity index (χ0n) is 23.0. The lowest BCUT2D eigenvalue weighted by Crippen LogP contribution is -2.51. The van der Waals surface area contributed by atoms with Gasteiger partial charge in [-0.15, -0.1) is 0 Å². The molecule has 4 aliphatic rings. The Morgan fingerprint density at radius 1 is 1.06 bits per heavy atom. The molecule has 0 amide bonds. The van der Waals surface area contributed by atoms with Crippen LogP contribution in [0.4, 0.5) is 0 Å². The first-order valence-electron chi connectivity index (χ1n) is 14.7. The van der Waals surface area contributed by atoms with Crippen LogP contribution >= 0.6 is 0 Å². The van der Waals surface area contributed by atoms with Gasteiger partial charge in [-0.25, -0.2) is 4.79 Å². The van der Waals surface area contributed by atoms with Crippen molar-refractivity contribution in [1.29, 1.82) is 0 Å². The Morgan fingerprint density at radius 2 is 1.85 bits per heavy atom. The van der Waals surface area contributed by atoms with Gasteiger partial charge in [-0.1, -0.05) is 65.5 Å². The van der Waals surface area contributed by atoms with Gasteiger partial charge in [0.15, 0.2) is 0 Å². The van der Waals surface area contributed by atoms with Gasteiger partial charge >= 0.3 is 5.97 Å². The molecule has 0 aromatic rings. The normalized spacial score (nSPS) is 40.2. The molecule has 0 aliphatic heterocycles. The van der Waals surface area contributed by atoms with Crippen LogP contribution in [0.15, 0.2) is 11.6 Å². The van der Waals surface area contributed by atoms with Gasteiger partial charge in [0.1, 0.15) is 6.61 Å². The fraction of sp³-hybridized carbons (Fsp3) is 0.903. The number of esters is 1. The molecule has 3 heteroatoms. The fourth-order valence-electron chi connectivity index (χ4n) is 9.18. The van der Waals surface area contributed by atoms with E-state index in [4.69, 9.17) is 9.47 Å². The van der Waals surface area contributed by atoms with Gasteiger partial charge in [0.05, 0.1) is 12.7 Å². The lowest BCUT2D eigenvalue weighted by molar-refractivity contribution is -0.151. The van der Waals surface area contributed by atoms with Crippen molar-refractivity contribution in [2.24, 2.45) is 46.3 Å². The van der Waals surface area contributed by atoms with Crippen LogP contribution in [0.2, 0.25) is 0 Å². The maximum Gasteiger partial charge on any atom is 0.332 e. The smallest absolute Gasteiger partial charge is 0.332 e. The number of carbonyl (C=O) groups excluding carboxylic acids is 1. The molecule has 0 heterocycles. The standard InChI is InChI=1S/C31H52O3/c1-7-33-29(32)20-34-24-15-17-30(5)23(19-24)11-12-25-27-14-13-26(22(4)10-8-9-21(2)3)31(27,6)18-16-28(25)30/h11,21-22,24-28H,7-10,12-20H2,1-6H3. The van der Waals surface area contributed by atoms with E-state index in [0.717, 1.165) is 48.3 Å². The molecule has 0 radical (unpaired) electrons. The summed E-state index contributed by atoms with van der Waals surface area (Å²) in [6.45, 7) is 14.9. The quantitative estimate of drug-likeness (QED) is 0.252. The van der Waals surface area contributed by atoms with Crippen LogP contribution in [0, 0.1) is 46.3 Å². The van der Waals surface area contributed by atoms with Crippen LogP contribution in [0.25, 0.3) is 0 Å². The summed E-state index contributed by atoms with van der Waals surface area (Å²) in [4.78, 5) is 11.8. The van der Waals surface area contributed by atoms with Crippen molar-refractivity contribution in [3.8, 4) is 0 Å². The fourth-order valence-corrected chi connectivity index (χ4v) is 9.18. The van der Waals surface area contributed by atoms with E-state index < -0.39 is 0 Å². The van der Waals surface area contributed by atoms with Crippen LogP contribution in [0.5, 0.6) is 0 Å².